The number of unbranched alkanes of at least 4 members (excludes halogenated alkanes) is 3. The zero-order valence-electron chi connectivity index (χ0n) is 17.7. The van der Waals surface area contributed by atoms with E-state index in [1.54, 1.807) is 0 Å². The van der Waals surface area contributed by atoms with Crippen LogP contribution in [0, 0.1) is 5.92 Å². The molecule has 0 aliphatic heterocycles. The summed E-state index contributed by atoms with van der Waals surface area (Å²) < 4.78 is 5.96. The molecule has 0 saturated carbocycles. The largest absolute Gasteiger partial charge is 0.453 e. The summed E-state index contributed by atoms with van der Waals surface area (Å²) in [5.41, 5.74) is 3.78. The van der Waals surface area contributed by atoms with Gasteiger partial charge >= 0.3 is 5.97 Å². The van der Waals surface area contributed by atoms with E-state index in [0.29, 0.717) is 12.3 Å². The first-order valence-electron chi connectivity index (χ1n) is 11.0. The van der Waals surface area contributed by atoms with Gasteiger partial charge in [0.2, 0.25) is 0 Å². The number of ether oxygens (including phenoxy) is 1. The van der Waals surface area contributed by atoms with E-state index in [2.05, 4.69) is 63.2 Å². The lowest BCUT2D eigenvalue weighted by Crippen LogP contribution is -2.13. The fraction of sp³-hybridized carbons (Fsp3) is 0.500. The summed E-state index contributed by atoms with van der Waals surface area (Å²) in [6, 6.07) is 12.9. The van der Waals surface area contributed by atoms with Crippen LogP contribution < -0.4 is 0 Å². The Morgan fingerprint density at radius 3 is 2.57 bits per heavy atom. The Kier molecular flexibility index (Phi) is 7.30. The van der Waals surface area contributed by atoms with Crippen LogP contribution in [0.5, 0.6) is 0 Å². The van der Waals surface area contributed by atoms with E-state index >= 15 is 0 Å². The Bertz CT molecular complexity index is 826. The second-order valence-corrected chi connectivity index (χ2v) is 8.45. The number of carbonyl (C=O) groups excluding carboxylic acids is 1. The van der Waals surface area contributed by atoms with Crippen molar-refractivity contribution in [2.75, 3.05) is 0 Å². The normalized spacial score (nSPS) is 15.7. The minimum Gasteiger partial charge on any atom is -0.453 e. The summed E-state index contributed by atoms with van der Waals surface area (Å²) in [6.45, 7) is 6.63. The van der Waals surface area contributed by atoms with E-state index in [0.717, 1.165) is 24.8 Å². The van der Waals surface area contributed by atoms with Gasteiger partial charge in [0.05, 0.1) is 0 Å². The summed E-state index contributed by atoms with van der Waals surface area (Å²) in [5.74, 6) is 0.543. The predicted molar refractivity (Wildman–Crippen MR) is 118 cm³/mol. The van der Waals surface area contributed by atoms with Gasteiger partial charge in [-0.25, -0.2) is 0 Å². The molecule has 28 heavy (non-hydrogen) atoms. The molecule has 1 aliphatic carbocycles. The van der Waals surface area contributed by atoms with Crippen molar-refractivity contribution < 1.29 is 9.53 Å². The van der Waals surface area contributed by atoms with Crippen LogP contribution in [0.4, 0.5) is 0 Å². The average Bonchev–Trinajstić information content (AvgIpc) is 2.68. The van der Waals surface area contributed by atoms with Crippen LogP contribution in [0.15, 0.2) is 42.5 Å². The van der Waals surface area contributed by atoms with Gasteiger partial charge in [-0.1, -0.05) is 82.9 Å². The second-order valence-electron chi connectivity index (χ2n) is 8.45. The third-order valence-corrected chi connectivity index (χ3v) is 5.66. The molecule has 0 fully saturated rings. The summed E-state index contributed by atoms with van der Waals surface area (Å²) >= 11 is 0. The van der Waals surface area contributed by atoms with E-state index in [-0.39, 0.29) is 12.1 Å². The summed E-state index contributed by atoms with van der Waals surface area (Å²) in [5, 5.41) is 2.49. The molecule has 2 aromatic carbocycles. The van der Waals surface area contributed by atoms with E-state index in [1.165, 1.54) is 47.6 Å². The minimum atomic E-state index is -0.258. The lowest BCUT2D eigenvalue weighted by atomic mass is 9.84. The molecule has 0 radical (unpaired) electrons. The number of rotatable bonds is 10. The van der Waals surface area contributed by atoms with Gasteiger partial charge in [0.25, 0.3) is 0 Å². The zero-order valence-corrected chi connectivity index (χ0v) is 17.7. The van der Waals surface area contributed by atoms with Crippen LogP contribution in [0.1, 0.15) is 89.4 Å². The Hall–Kier alpha value is -2.09. The molecule has 0 heterocycles. The van der Waals surface area contributed by atoms with Crippen LogP contribution in [0.2, 0.25) is 0 Å². The summed E-state index contributed by atoms with van der Waals surface area (Å²) in [4.78, 5) is 12.5. The third-order valence-electron chi connectivity index (χ3n) is 5.66. The number of hydrogen-bond acceptors (Lipinski definition) is 2. The molecule has 2 aromatic rings. The summed E-state index contributed by atoms with van der Waals surface area (Å²) in [7, 11) is 0. The number of allylic oxidation sites excluding steroid dienone is 1. The molecule has 2 nitrogen and oxygen atoms in total. The van der Waals surface area contributed by atoms with Crippen LogP contribution in [-0.2, 0) is 9.53 Å². The minimum absolute atomic E-state index is 0.0800. The lowest BCUT2D eigenvalue weighted by molar-refractivity contribution is -0.147. The van der Waals surface area contributed by atoms with Gasteiger partial charge in [-0.15, -0.1) is 0 Å². The van der Waals surface area contributed by atoms with Crippen LogP contribution in [0.3, 0.4) is 0 Å². The maximum atomic E-state index is 12.5. The maximum Gasteiger partial charge on any atom is 0.306 e. The lowest BCUT2D eigenvalue weighted by Gasteiger charge is -2.25. The average molecular weight is 379 g/mol. The molecular formula is C26H34O2. The Morgan fingerprint density at radius 1 is 1.04 bits per heavy atom. The van der Waals surface area contributed by atoms with Crippen molar-refractivity contribution in [3.8, 4) is 0 Å². The van der Waals surface area contributed by atoms with Crippen LogP contribution >= 0.6 is 0 Å². The van der Waals surface area contributed by atoms with Crippen molar-refractivity contribution in [1.82, 2.24) is 0 Å². The van der Waals surface area contributed by atoms with Crippen molar-refractivity contribution in [2.45, 2.75) is 78.2 Å². The Labute approximate surface area is 170 Å². The molecule has 0 N–H and O–H groups in total. The number of carbonyl (C=O) groups is 1. The van der Waals surface area contributed by atoms with E-state index in [1.807, 2.05) is 0 Å². The highest BCUT2D eigenvalue weighted by atomic mass is 16.5. The first kappa shape index (κ1) is 20.6. The van der Waals surface area contributed by atoms with Gasteiger partial charge in [0.15, 0.2) is 0 Å². The SMILES string of the molecule is CCCCCCC1=CC(OC(=O)CCCC(C)C)c2cccc3cccc1c23. The van der Waals surface area contributed by atoms with Crippen LogP contribution in [-0.4, -0.2) is 5.97 Å². The smallest absolute Gasteiger partial charge is 0.306 e. The molecule has 0 aromatic heterocycles. The maximum absolute atomic E-state index is 12.5. The fourth-order valence-corrected chi connectivity index (χ4v) is 4.15. The molecule has 0 spiro atoms. The Morgan fingerprint density at radius 2 is 1.82 bits per heavy atom. The molecule has 1 aliphatic rings. The van der Waals surface area contributed by atoms with E-state index in [4.69, 9.17) is 4.74 Å². The number of esters is 1. The summed E-state index contributed by atoms with van der Waals surface area (Å²) in [6.07, 6.45) is 10.4. The molecule has 1 unspecified atom stereocenters. The van der Waals surface area contributed by atoms with Crippen molar-refractivity contribution in [3.63, 3.8) is 0 Å². The van der Waals surface area contributed by atoms with Crippen molar-refractivity contribution in [2.24, 2.45) is 5.92 Å². The third kappa shape index (κ3) is 5.04. The van der Waals surface area contributed by atoms with Crippen molar-refractivity contribution in [1.29, 1.82) is 0 Å². The quantitative estimate of drug-likeness (QED) is 0.314. The highest BCUT2D eigenvalue weighted by Crippen LogP contribution is 2.41. The molecule has 1 atom stereocenters. The zero-order chi connectivity index (χ0) is 19.9. The van der Waals surface area contributed by atoms with E-state index < -0.39 is 0 Å². The van der Waals surface area contributed by atoms with E-state index in [9.17, 15) is 4.79 Å². The molecule has 3 rings (SSSR count). The van der Waals surface area contributed by atoms with Crippen molar-refractivity contribution >= 4 is 22.3 Å². The van der Waals surface area contributed by atoms with Gasteiger partial charge in [-0.3, -0.25) is 4.79 Å². The number of benzene rings is 2. The standard InChI is InChI=1S/C26H34O2/c1-4-5-6-7-12-21-18-24(28-25(27)17-8-11-19(2)3)23-16-10-14-20-13-9-15-22(21)26(20)23/h9-10,13-16,18-19,24H,4-8,11-12,17H2,1-3H3. The molecule has 0 bridgehead atoms. The highest BCUT2D eigenvalue weighted by molar-refractivity contribution is 5.98. The first-order valence-corrected chi connectivity index (χ1v) is 11.0. The first-order chi connectivity index (χ1) is 13.6. The van der Waals surface area contributed by atoms with Gasteiger partial charge in [-0.05, 0) is 53.2 Å². The monoisotopic (exact) mass is 378 g/mol. The highest BCUT2D eigenvalue weighted by Gasteiger charge is 2.24. The van der Waals surface area contributed by atoms with Crippen molar-refractivity contribution in [3.05, 3.63) is 53.6 Å². The molecule has 0 saturated heterocycles. The Balaban J connectivity index is 1.81. The van der Waals surface area contributed by atoms with Gasteiger partial charge < -0.3 is 4.74 Å². The van der Waals surface area contributed by atoms with Gasteiger partial charge in [0.1, 0.15) is 6.10 Å². The van der Waals surface area contributed by atoms with Gasteiger partial charge in [0, 0.05) is 12.0 Å². The topological polar surface area (TPSA) is 26.3 Å². The molecule has 0 amide bonds. The number of hydrogen-bond donors (Lipinski definition) is 0. The second kappa shape index (κ2) is 9.91. The molecule has 2 heteroatoms. The fourth-order valence-electron chi connectivity index (χ4n) is 4.15. The van der Waals surface area contributed by atoms with Crippen LogP contribution in [0.25, 0.3) is 16.3 Å². The molecule has 150 valence electrons. The van der Waals surface area contributed by atoms with Gasteiger partial charge in [-0.2, -0.15) is 0 Å². The molecular weight excluding hydrogens is 344 g/mol. The predicted octanol–water partition coefficient (Wildman–Crippen LogP) is 7.62.